The van der Waals surface area contributed by atoms with Gasteiger partial charge in [0, 0.05) is 43.5 Å². The molecule has 4 atom stereocenters. The Kier molecular flexibility index (Phi) is 11.5. The molecule has 0 saturated heterocycles. The molecule has 260 valence electrons. The number of halogens is 7. The van der Waals surface area contributed by atoms with Gasteiger partial charge in [-0.25, -0.2) is 26.9 Å². The summed E-state index contributed by atoms with van der Waals surface area (Å²) >= 11 is 6.78. The zero-order valence-corrected chi connectivity index (χ0v) is 30.9. The first-order valence-corrected chi connectivity index (χ1v) is 16.4. The Morgan fingerprint density at radius 2 is 1.24 bits per heavy atom. The second-order valence-electron chi connectivity index (χ2n) is 11.5. The lowest BCUT2D eigenvalue weighted by Crippen LogP contribution is -3.00. The molecular formula is C34H26Br2F4IN6O3-. The third-order valence-electron chi connectivity index (χ3n) is 7.69. The van der Waals surface area contributed by atoms with Crippen LogP contribution in [-0.2, 0) is 9.59 Å². The van der Waals surface area contributed by atoms with Crippen molar-refractivity contribution in [2.75, 3.05) is 11.1 Å². The van der Waals surface area contributed by atoms with Gasteiger partial charge < -0.3 is 40.1 Å². The van der Waals surface area contributed by atoms with Gasteiger partial charge in [0.15, 0.2) is 0 Å². The smallest absolute Gasteiger partial charge is 0.309 e. The van der Waals surface area contributed by atoms with E-state index in [4.69, 9.17) is 10.8 Å². The Labute approximate surface area is 316 Å². The Bertz CT molecular complexity index is 2220. The molecule has 4 N–H and O–H groups in total. The lowest BCUT2D eigenvalue weighted by atomic mass is 10.2. The van der Waals surface area contributed by atoms with Crippen molar-refractivity contribution in [1.29, 1.82) is 0 Å². The molecule has 6 aromatic rings. The maximum Gasteiger partial charge on any atom is 0.309 e. The molecule has 1 amide bonds. The average Bonchev–Trinajstić information content (AvgIpc) is 3.88. The summed E-state index contributed by atoms with van der Waals surface area (Å²) in [7, 11) is 0. The molecule has 2 fully saturated rings. The summed E-state index contributed by atoms with van der Waals surface area (Å²) in [5.74, 6) is -3.48. The molecule has 2 saturated carbocycles. The second-order valence-corrected chi connectivity index (χ2v) is 13.3. The van der Waals surface area contributed by atoms with Crippen LogP contribution in [0, 0.1) is 23.5 Å². The molecule has 0 unspecified atom stereocenters. The normalized spacial score (nSPS) is 18.6. The monoisotopic (exact) mass is 927 g/mol. The van der Waals surface area contributed by atoms with Gasteiger partial charge in [0.1, 0.15) is 35.4 Å². The van der Waals surface area contributed by atoms with Crippen molar-refractivity contribution in [3.05, 3.63) is 106 Å². The van der Waals surface area contributed by atoms with E-state index in [1.807, 2.05) is 36.4 Å². The number of nitrogen functional groups attached to an aromatic ring is 1. The van der Waals surface area contributed by atoms with E-state index in [2.05, 4.69) is 47.4 Å². The number of rotatable bonds is 5. The fourth-order valence-corrected chi connectivity index (χ4v) is 5.56. The molecule has 8 rings (SSSR count). The van der Waals surface area contributed by atoms with E-state index in [1.165, 1.54) is 39.7 Å². The van der Waals surface area contributed by atoms with Crippen molar-refractivity contribution in [1.82, 2.24) is 19.6 Å². The number of alkyl halides is 2. The number of carboxylic acid groups (broad SMARTS) is 1. The number of anilines is 2. The van der Waals surface area contributed by atoms with Crippen LogP contribution in [0.15, 0.2) is 94.1 Å². The van der Waals surface area contributed by atoms with Crippen molar-refractivity contribution >= 4 is 76.9 Å². The molecule has 0 radical (unpaired) electrons. The van der Waals surface area contributed by atoms with Crippen LogP contribution >= 0.6 is 31.9 Å². The Balaban J connectivity index is 0.000000164. The SMILES string of the molecule is Nc1ccc(F)c(-n2cc3cc(Br)ccc3n2)c1.O=C(Nc1ccc(F)c(-n2cc3cc(Br)ccc3n2)c1)[C@H]1C[C@@H]1F.O=C(O)[C@H]1C[C@@H]1F.[I-]. The Morgan fingerprint density at radius 1 is 0.760 bits per heavy atom. The number of fused-ring (bicyclic) bond motifs is 2. The summed E-state index contributed by atoms with van der Waals surface area (Å²) in [5.41, 5.74) is 8.69. The first kappa shape index (κ1) is 37.2. The molecule has 2 aliphatic carbocycles. The maximum atomic E-state index is 14.2. The largest absolute Gasteiger partial charge is 1.00 e. The van der Waals surface area contributed by atoms with E-state index in [0.29, 0.717) is 17.1 Å². The van der Waals surface area contributed by atoms with E-state index in [9.17, 15) is 27.2 Å². The Morgan fingerprint density at radius 3 is 1.70 bits per heavy atom. The van der Waals surface area contributed by atoms with Gasteiger partial charge in [-0.2, -0.15) is 10.2 Å². The van der Waals surface area contributed by atoms with Gasteiger partial charge in [0.2, 0.25) is 5.91 Å². The number of nitrogens with one attached hydrogen (secondary N) is 1. The van der Waals surface area contributed by atoms with Crippen LogP contribution in [0.5, 0.6) is 0 Å². The highest BCUT2D eigenvalue weighted by Gasteiger charge is 2.44. The van der Waals surface area contributed by atoms with Crippen LogP contribution in [0.4, 0.5) is 28.9 Å². The molecule has 2 aromatic heterocycles. The molecule has 0 aliphatic heterocycles. The minimum Gasteiger partial charge on any atom is -1.00 e. The third kappa shape index (κ3) is 8.81. The summed E-state index contributed by atoms with van der Waals surface area (Å²) in [6, 6.07) is 19.9. The first-order valence-electron chi connectivity index (χ1n) is 14.8. The average molecular weight is 929 g/mol. The summed E-state index contributed by atoms with van der Waals surface area (Å²) < 4.78 is 57.3. The summed E-state index contributed by atoms with van der Waals surface area (Å²) in [6.45, 7) is 0. The predicted molar refractivity (Wildman–Crippen MR) is 184 cm³/mol. The molecular weight excluding hydrogens is 903 g/mol. The van der Waals surface area contributed by atoms with Gasteiger partial charge in [-0.15, -0.1) is 0 Å². The van der Waals surface area contributed by atoms with Crippen LogP contribution in [0.25, 0.3) is 33.2 Å². The third-order valence-corrected chi connectivity index (χ3v) is 8.68. The van der Waals surface area contributed by atoms with Crippen molar-refractivity contribution in [2.45, 2.75) is 25.2 Å². The lowest BCUT2D eigenvalue weighted by molar-refractivity contribution is -0.138. The highest BCUT2D eigenvalue weighted by atomic mass is 127. The van der Waals surface area contributed by atoms with E-state index < -0.39 is 36.0 Å². The Hall–Kier alpha value is -4.03. The van der Waals surface area contributed by atoms with Crippen molar-refractivity contribution < 1.29 is 56.2 Å². The molecule has 50 heavy (non-hydrogen) atoms. The van der Waals surface area contributed by atoms with E-state index in [0.717, 1.165) is 30.8 Å². The number of aliphatic carboxylic acids is 1. The number of nitrogens with two attached hydrogens (primary N) is 1. The van der Waals surface area contributed by atoms with Crippen molar-refractivity contribution in [3.63, 3.8) is 0 Å². The zero-order valence-electron chi connectivity index (χ0n) is 25.6. The van der Waals surface area contributed by atoms with Crippen molar-refractivity contribution in [3.8, 4) is 11.4 Å². The summed E-state index contributed by atoms with van der Waals surface area (Å²) in [6.07, 6.45) is 1.83. The molecule has 2 aliphatic rings. The van der Waals surface area contributed by atoms with Gasteiger partial charge in [-0.1, -0.05) is 31.9 Å². The number of carboxylic acids is 1. The van der Waals surface area contributed by atoms with Gasteiger partial charge in [-0.05, 0) is 85.6 Å². The highest BCUT2D eigenvalue weighted by molar-refractivity contribution is 9.10. The summed E-state index contributed by atoms with van der Waals surface area (Å²) in [5, 5.41) is 21.1. The maximum absolute atomic E-state index is 14.2. The molecule has 16 heteroatoms. The van der Waals surface area contributed by atoms with Crippen LogP contribution in [0.1, 0.15) is 12.8 Å². The second kappa shape index (κ2) is 15.5. The number of benzene rings is 4. The quantitative estimate of drug-likeness (QED) is 0.125. The number of aromatic nitrogens is 4. The molecule has 0 bridgehead atoms. The number of hydrogen-bond acceptors (Lipinski definition) is 5. The molecule has 0 spiro atoms. The van der Waals surface area contributed by atoms with Crippen molar-refractivity contribution in [2.24, 2.45) is 11.8 Å². The highest BCUT2D eigenvalue weighted by Crippen LogP contribution is 2.35. The molecule has 4 aromatic carbocycles. The number of hydrogen-bond donors (Lipinski definition) is 3. The van der Waals surface area contributed by atoms with Crippen LogP contribution in [-0.4, -0.2) is 48.9 Å². The molecule has 2 heterocycles. The lowest BCUT2D eigenvalue weighted by Gasteiger charge is -2.08. The van der Waals surface area contributed by atoms with Crippen LogP contribution in [0.3, 0.4) is 0 Å². The van der Waals surface area contributed by atoms with E-state index in [1.54, 1.807) is 18.5 Å². The zero-order chi connectivity index (χ0) is 35.0. The van der Waals surface area contributed by atoms with Gasteiger partial charge in [-0.3, -0.25) is 9.59 Å². The van der Waals surface area contributed by atoms with Crippen LogP contribution in [0.2, 0.25) is 0 Å². The minimum absolute atomic E-state index is 0. The van der Waals surface area contributed by atoms with Gasteiger partial charge >= 0.3 is 5.97 Å². The van der Waals surface area contributed by atoms with Gasteiger partial charge in [0.05, 0.1) is 22.9 Å². The van der Waals surface area contributed by atoms with E-state index in [-0.39, 0.29) is 54.2 Å². The van der Waals surface area contributed by atoms with Gasteiger partial charge in [0.25, 0.3) is 0 Å². The predicted octanol–water partition coefficient (Wildman–Crippen LogP) is 5.17. The number of nitrogens with zero attached hydrogens (tertiary/aromatic N) is 4. The fourth-order valence-electron chi connectivity index (χ4n) is 4.80. The topological polar surface area (TPSA) is 128 Å². The number of carbonyl (C=O) groups is 2. The van der Waals surface area contributed by atoms with E-state index >= 15 is 0 Å². The molecule has 9 nitrogen and oxygen atoms in total. The summed E-state index contributed by atoms with van der Waals surface area (Å²) in [4.78, 5) is 21.6. The van der Waals surface area contributed by atoms with Crippen LogP contribution < -0.4 is 35.0 Å². The number of carbonyl (C=O) groups excluding carboxylic acids is 1. The fraction of sp³-hybridized carbons (Fsp3) is 0.176. The first-order chi connectivity index (χ1) is 23.4. The number of amides is 1. The standard InChI is InChI=1S/C17H12BrF2N3O.C13H9BrFN3.C4H5FO2.HI/c18-10-1-4-15-9(5-10)8-23(22-15)16-6-11(2-3-13(16)19)21-17(24)12-7-14(12)20;14-9-1-4-12-8(5-9)7-18(17-12)13-6-10(16)2-3-11(13)15;5-3-1-2(3)4(6)7;/h1-6,8,12,14H,7H2,(H,21,24);1-7H,16H2;2-3H,1H2,(H,6,7);1H/p-1/t12-,14-;;2-,3-;/m0.0./s1. The minimum atomic E-state index is -1.07.